The van der Waals surface area contributed by atoms with Crippen molar-refractivity contribution in [1.29, 1.82) is 0 Å². The highest BCUT2D eigenvalue weighted by atomic mass is 19.4. The minimum atomic E-state index is -4.13. The lowest BCUT2D eigenvalue weighted by molar-refractivity contribution is -0.182. The molecule has 0 unspecified atom stereocenters. The quantitative estimate of drug-likeness (QED) is 0.664. The van der Waals surface area contributed by atoms with Crippen molar-refractivity contribution >= 4 is 6.03 Å². The molecule has 1 rings (SSSR count). The Morgan fingerprint density at radius 3 is 2.13 bits per heavy atom. The number of hydrogen-bond acceptors (Lipinski definition) is 2. The fourth-order valence-corrected chi connectivity index (χ4v) is 3.25. The number of amides is 2. The largest absolute Gasteiger partial charge is 0.396 e. The van der Waals surface area contributed by atoms with Gasteiger partial charge in [-0.15, -0.1) is 0 Å². The predicted octanol–water partition coefficient (Wildman–Crippen LogP) is 3.60. The molecule has 3 N–H and O–H groups in total. The van der Waals surface area contributed by atoms with E-state index in [2.05, 4.69) is 10.6 Å². The van der Waals surface area contributed by atoms with Crippen molar-refractivity contribution < 1.29 is 23.1 Å². The molecule has 0 spiro atoms. The second kappa shape index (κ2) is 8.76. The monoisotopic (exact) mass is 338 g/mol. The molecule has 23 heavy (non-hydrogen) atoms. The normalized spacial score (nSPS) is 22.7. The topological polar surface area (TPSA) is 61.4 Å². The molecular formula is C16H29F3N2O2. The zero-order valence-corrected chi connectivity index (χ0v) is 14.0. The zero-order chi connectivity index (χ0) is 17.5. The molecule has 0 aromatic rings. The van der Waals surface area contributed by atoms with Crippen LogP contribution in [-0.2, 0) is 0 Å². The Morgan fingerprint density at radius 1 is 1.13 bits per heavy atom. The van der Waals surface area contributed by atoms with Crippen LogP contribution in [0.5, 0.6) is 0 Å². The van der Waals surface area contributed by atoms with Crippen LogP contribution in [0.15, 0.2) is 0 Å². The Balaban J connectivity index is 2.37. The van der Waals surface area contributed by atoms with Gasteiger partial charge in [-0.1, -0.05) is 13.8 Å². The minimum absolute atomic E-state index is 0.0758. The summed E-state index contributed by atoms with van der Waals surface area (Å²) in [5.41, 5.74) is -0.125. The van der Waals surface area contributed by atoms with Crippen molar-refractivity contribution in [3.63, 3.8) is 0 Å². The van der Waals surface area contributed by atoms with E-state index >= 15 is 0 Å². The van der Waals surface area contributed by atoms with Crippen LogP contribution in [0.3, 0.4) is 0 Å². The highest BCUT2D eigenvalue weighted by Crippen LogP contribution is 2.37. The number of halogens is 3. The standard InChI is InChI=1S/C16H29F3N2O2/c1-3-15(4-2,9-10-22)11-20-14(23)21-13-7-5-12(6-8-13)16(17,18)19/h12-13,22H,3-11H2,1-2H3,(H2,20,21,23). The van der Waals surface area contributed by atoms with Crippen LogP contribution in [0.1, 0.15) is 58.8 Å². The van der Waals surface area contributed by atoms with Crippen molar-refractivity contribution in [2.24, 2.45) is 11.3 Å². The molecule has 0 saturated heterocycles. The SMILES string of the molecule is CCC(CC)(CCO)CNC(=O)NC1CCC(C(F)(F)F)CC1. The van der Waals surface area contributed by atoms with E-state index in [1.165, 1.54) is 0 Å². The first-order valence-corrected chi connectivity index (χ1v) is 8.48. The molecule has 0 aromatic carbocycles. The average Bonchev–Trinajstić information content (AvgIpc) is 2.51. The first-order valence-electron chi connectivity index (χ1n) is 8.48. The van der Waals surface area contributed by atoms with Gasteiger partial charge in [0.1, 0.15) is 0 Å². The Morgan fingerprint density at radius 2 is 1.70 bits per heavy atom. The Hall–Kier alpha value is -0.980. The van der Waals surface area contributed by atoms with E-state index < -0.39 is 12.1 Å². The van der Waals surface area contributed by atoms with Crippen LogP contribution < -0.4 is 10.6 Å². The first kappa shape index (κ1) is 20.1. The van der Waals surface area contributed by atoms with Crippen molar-refractivity contribution in [2.45, 2.75) is 71.0 Å². The van der Waals surface area contributed by atoms with Crippen LogP contribution in [-0.4, -0.2) is 36.5 Å². The summed E-state index contributed by atoms with van der Waals surface area (Å²) < 4.78 is 37.8. The summed E-state index contributed by atoms with van der Waals surface area (Å²) in [7, 11) is 0. The summed E-state index contributed by atoms with van der Waals surface area (Å²) in [5.74, 6) is -1.24. The van der Waals surface area contributed by atoms with E-state index in [-0.39, 0.29) is 36.9 Å². The van der Waals surface area contributed by atoms with Crippen LogP contribution in [0, 0.1) is 11.3 Å². The minimum Gasteiger partial charge on any atom is -0.396 e. The number of carbonyl (C=O) groups excluding carboxylic acids is 1. The summed E-state index contributed by atoms with van der Waals surface area (Å²) >= 11 is 0. The maximum absolute atomic E-state index is 12.6. The van der Waals surface area contributed by atoms with E-state index in [0.29, 0.717) is 25.8 Å². The van der Waals surface area contributed by atoms with Crippen LogP contribution in [0.2, 0.25) is 0 Å². The lowest BCUT2D eigenvalue weighted by atomic mass is 9.79. The fourth-order valence-electron chi connectivity index (χ4n) is 3.25. The molecule has 0 aromatic heterocycles. The van der Waals surface area contributed by atoms with Gasteiger partial charge in [0.25, 0.3) is 0 Å². The fraction of sp³-hybridized carbons (Fsp3) is 0.938. The van der Waals surface area contributed by atoms with E-state index in [0.717, 1.165) is 12.8 Å². The number of aliphatic hydroxyl groups is 1. The van der Waals surface area contributed by atoms with Gasteiger partial charge < -0.3 is 15.7 Å². The molecule has 0 heterocycles. The summed E-state index contributed by atoms with van der Waals surface area (Å²) in [4.78, 5) is 12.0. The van der Waals surface area contributed by atoms with E-state index in [1.807, 2.05) is 13.8 Å². The number of rotatable bonds is 7. The Kier molecular flexibility index (Phi) is 7.64. The summed E-state index contributed by atoms with van der Waals surface area (Å²) in [6.45, 7) is 4.59. The van der Waals surface area contributed by atoms with E-state index in [1.54, 1.807) is 0 Å². The number of alkyl halides is 3. The molecule has 1 aliphatic rings. The van der Waals surface area contributed by atoms with Gasteiger partial charge in [0.15, 0.2) is 0 Å². The molecule has 2 amide bonds. The van der Waals surface area contributed by atoms with Crippen molar-refractivity contribution in [2.75, 3.05) is 13.2 Å². The van der Waals surface area contributed by atoms with Crippen molar-refractivity contribution in [3.8, 4) is 0 Å². The highest BCUT2D eigenvalue weighted by molar-refractivity contribution is 5.74. The second-order valence-electron chi connectivity index (χ2n) is 6.60. The number of hydrogen-bond donors (Lipinski definition) is 3. The molecular weight excluding hydrogens is 309 g/mol. The van der Waals surface area contributed by atoms with Gasteiger partial charge in [0, 0.05) is 19.2 Å². The molecule has 1 aliphatic carbocycles. The molecule has 136 valence electrons. The summed E-state index contributed by atoms with van der Waals surface area (Å²) in [6.07, 6.45) is -0.931. The highest BCUT2D eigenvalue weighted by Gasteiger charge is 2.41. The lowest BCUT2D eigenvalue weighted by Crippen LogP contribution is -2.47. The third kappa shape index (κ3) is 6.20. The molecule has 1 fully saturated rings. The lowest BCUT2D eigenvalue weighted by Gasteiger charge is -2.33. The third-order valence-corrected chi connectivity index (χ3v) is 5.29. The third-order valence-electron chi connectivity index (χ3n) is 5.29. The smallest absolute Gasteiger partial charge is 0.391 e. The number of nitrogens with one attached hydrogen (secondary N) is 2. The molecule has 7 heteroatoms. The van der Waals surface area contributed by atoms with Gasteiger partial charge in [0.2, 0.25) is 0 Å². The van der Waals surface area contributed by atoms with E-state index in [9.17, 15) is 18.0 Å². The number of carbonyl (C=O) groups is 1. The number of urea groups is 1. The van der Waals surface area contributed by atoms with Gasteiger partial charge >= 0.3 is 12.2 Å². The van der Waals surface area contributed by atoms with Crippen LogP contribution >= 0.6 is 0 Å². The van der Waals surface area contributed by atoms with Crippen molar-refractivity contribution in [1.82, 2.24) is 10.6 Å². The van der Waals surface area contributed by atoms with Crippen LogP contribution in [0.25, 0.3) is 0 Å². The molecule has 0 radical (unpaired) electrons. The molecule has 0 aliphatic heterocycles. The Bertz CT molecular complexity index is 363. The Labute approximate surface area is 136 Å². The molecule has 0 bridgehead atoms. The zero-order valence-electron chi connectivity index (χ0n) is 14.0. The number of aliphatic hydroxyl groups excluding tert-OH is 1. The maximum Gasteiger partial charge on any atom is 0.391 e. The second-order valence-corrected chi connectivity index (χ2v) is 6.60. The molecule has 0 atom stereocenters. The average molecular weight is 338 g/mol. The summed E-state index contributed by atoms with van der Waals surface area (Å²) in [5, 5.41) is 14.8. The van der Waals surface area contributed by atoms with Gasteiger partial charge in [-0.2, -0.15) is 13.2 Å². The van der Waals surface area contributed by atoms with Gasteiger partial charge in [-0.25, -0.2) is 4.79 Å². The van der Waals surface area contributed by atoms with Crippen molar-refractivity contribution in [3.05, 3.63) is 0 Å². The van der Waals surface area contributed by atoms with Gasteiger partial charge in [-0.3, -0.25) is 0 Å². The maximum atomic E-state index is 12.6. The summed E-state index contributed by atoms with van der Waals surface area (Å²) in [6, 6.07) is -0.520. The molecule has 4 nitrogen and oxygen atoms in total. The first-order chi connectivity index (χ1) is 10.8. The molecule has 1 saturated carbocycles. The van der Waals surface area contributed by atoms with E-state index in [4.69, 9.17) is 5.11 Å². The van der Waals surface area contributed by atoms with Gasteiger partial charge in [-0.05, 0) is 50.4 Å². The van der Waals surface area contributed by atoms with Crippen LogP contribution in [0.4, 0.5) is 18.0 Å². The predicted molar refractivity (Wildman–Crippen MR) is 83.1 cm³/mol. The van der Waals surface area contributed by atoms with Gasteiger partial charge in [0.05, 0.1) is 5.92 Å².